The Morgan fingerprint density at radius 1 is 1.47 bits per heavy atom. The van der Waals surface area contributed by atoms with Crippen molar-refractivity contribution in [2.45, 2.75) is 32.7 Å². The number of hydrogen-bond donors (Lipinski definition) is 1. The maximum absolute atomic E-state index is 12.1. The van der Waals surface area contributed by atoms with Gasteiger partial charge < -0.3 is 5.11 Å². The van der Waals surface area contributed by atoms with Gasteiger partial charge in [-0.15, -0.1) is 0 Å². The third-order valence-corrected chi connectivity index (χ3v) is 4.15. The molecule has 0 aliphatic carbocycles. The van der Waals surface area contributed by atoms with Crippen LogP contribution in [-0.2, 0) is 0 Å². The van der Waals surface area contributed by atoms with Gasteiger partial charge in [0.25, 0.3) is 0 Å². The number of aliphatic hydroxyl groups is 1. The normalized spacial score (nSPS) is 23.7. The van der Waals surface area contributed by atoms with Gasteiger partial charge >= 0.3 is 0 Å². The zero-order valence-corrected chi connectivity index (χ0v) is 11.8. The first-order chi connectivity index (χ1) is 9.11. The van der Waals surface area contributed by atoms with Crippen LogP contribution in [0.25, 0.3) is 0 Å². The summed E-state index contributed by atoms with van der Waals surface area (Å²) in [5.41, 5.74) is 1.92. The number of rotatable bonds is 5. The smallest absolute Gasteiger partial charge is 0.164 e. The van der Waals surface area contributed by atoms with Gasteiger partial charge in [0.15, 0.2) is 5.78 Å². The molecule has 1 N–H and O–H groups in total. The van der Waals surface area contributed by atoms with E-state index in [1.165, 1.54) is 0 Å². The molecule has 0 bridgehead atoms. The fraction of sp³-hybridized carbons (Fsp3) is 0.562. The lowest BCUT2D eigenvalue weighted by molar-refractivity contribution is 0.0933. The largest absolute Gasteiger partial charge is 0.395 e. The van der Waals surface area contributed by atoms with Gasteiger partial charge in [-0.3, -0.25) is 9.69 Å². The highest BCUT2D eigenvalue weighted by Gasteiger charge is 2.30. The Morgan fingerprint density at radius 2 is 2.26 bits per heavy atom. The second-order valence-corrected chi connectivity index (χ2v) is 5.59. The number of hydrogen-bond acceptors (Lipinski definition) is 3. The summed E-state index contributed by atoms with van der Waals surface area (Å²) < 4.78 is 0. The molecule has 1 aromatic carbocycles. The molecule has 2 atom stereocenters. The maximum atomic E-state index is 12.1. The minimum atomic E-state index is 0.194. The molecule has 1 aliphatic heterocycles. The summed E-state index contributed by atoms with van der Waals surface area (Å²) in [6, 6.07) is 7.98. The second kappa shape index (κ2) is 6.31. The summed E-state index contributed by atoms with van der Waals surface area (Å²) >= 11 is 0. The molecule has 1 heterocycles. The van der Waals surface area contributed by atoms with Crippen molar-refractivity contribution in [3.8, 4) is 0 Å². The number of ketones is 1. The lowest BCUT2D eigenvalue weighted by Gasteiger charge is -2.24. The van der Waals surface area contributed by atoms with Crippen LogP contribution in [0, 0.1) is 12.8 Å². The van der Waals surface area contributed by atoms with Gasteiger partial charge in [0, 0.05) is 24.6 Å². The molecular weight excluding hydrogens is 238 g/mol. The van der Waals surface area contributed by atoms with Crippen molar-refractivity contribution in [2.24, 2.45) is 5.92 Å². The molecule has 2 rings (SSSR count). The average Bonchev–Trinajstić information content (AvgIpc) is 2.76. The lowest BCUT2D eigenvalue weighted by atomic mass is 10.0. The predicted octanol–water partition coefficient (Wildman–Crippen LogP) is 2.27. The number of carbonyl (C=O) groups excluding carboxylic acids is 1. The quantitative estimate of drug-likeness (QED) is 0.827. The van der Waals surface area contributed by atoms with E-state index in [4.69, 9.17) is 0 Å². The van der Waals surface area contributed by atoms with Gasteiger partial charge in [0.1, 0.15) is 0 Å². The van der Waals surface area contributed by atoms with E-state index in [0.717, 1.165) is 30.6 Å². The number of aryl methyl sites for hydroxylation is 1. The van der Waals surface area contributed by atoms with Gasteiger partial charge in [-0.2, -0.15) is 0 Å². The molecule has 1 aromatic rings. The van der Waals surface area contributed by atoms with Crippen molar-refractivity contribution >= 4 is 5.78 Å². The fourth-order valence-electron chi connectivity index (χ4n) is 2.87. The lowest BCUT2D eigenvalue weighted by Crippen LogP contribution is -2.36. The highest BCUT2D eigenvalue weighted by atomic mass is 16.3. The van der Waals surface area contributed by atoms with Crippen molar-refractivity contribution in [1.29, 1.82) is 0 Å². The van der Waals surface area contributed by atoms with E-state index in [0.29, 0.717) is 12.3 Å². The highest BCUT2D eigenvalue weighted by molar-refractivity contribution is 5.96. The molecule has 0 radical (unpaired) electrons. The average molecular weight is 261 g/mol. The monoisotopic (exact) mass is 261 g/mol. The maximum Gasteiger partial charge on any atom is 0.164 e. The Hall–Kier alpha value is -1.19. The Bertz CT molecular complexity index is 444. The van der Waals surface area contributed by atoms with Crippen LogP contribution in [0.3, 0.4) is 0 Å². The number of benzene rings is 1. The number of likely N-dealkylation sites (tertiary alicyclic amines) is 1. The summed E-state index contributed by atoms with van der Waals surface area (Å²) in [5.74, 6) is 0.721. The molecule has 0 spiro atoms. The fourth-order valence-corrected chi connectivity index (χ4v) is 2.87. The van der Waals surface area contributed by atoms with Gasteiger partial charge in [-0.1, -0.05) is 30.7 Å². The summed E-state index contributed by atoms with van der Waals surface area (Å²) in [6.45, 7) is 6.11. The van der Waals surface area contributed by atoms with Crippen molar-refractivity contribution in [1.82, 2.24) is 4.90 Å². The molecule has 1 fully saturated rings. The van der Waals surface area contributed by atoms with Crippen molar-refractivity contribution < 1.29 is 9.90 Å². The SMILES string of the molecule is Cc1cccc(C(=O)CCN2CCC(C)C2CO)c1. The molecule has 3 nitrogen and oxygen atoms in total. The number of Topliss-reactive ketones (excluding diaryl/α,β-unsaturated/α-hetero) is 1. The molecule has 2 unspecified atom stereocenters. The topological polar surface area (TPSA) is 40.5 Å². The van der Waals surface area contributed by atoms with Crippen molar-refractivity contribution in [3.05, 3.63) is 35.4 Å². The van der Waals surface area contributed by atoms with Crippen LogP contribution in [0.2, 0.25) is 0 Å². The summed E-state index contributed by atoms with van der Waals surface area (Å²) in [7, 11) is 0. The van der Waals surface area contributed by atoms with Gasteiger partial charge in [0.2, 0.25) is 0 Å². The third-order valence-electron chi connectivity index (χ3n) is 4.15. The second-order valence-electron chi connectivity index (χ2n) is 5.59. The third kappa shape index (κ3) is 3.43. The standard InChI is InChI=1S/C16H23NO2/c1-12-4-3-5-14(10-12)16(19)7-9-17-8-6-13(2)15(17)11-18/h3-5,10,13,15,18H,6-9,11H2,1-2H3. The van der Waals surface area contributed by atoms with Crippen molar-refractivity contribution in [3.63, 3.8) is 0 Å². The Kier molecular flexibility index (Phi) is 4.72. The summed E-state index contributed by atoms with van der Waals surface area (Å²) in [6.07, 6.45) is 1.65. The highest BCUT2D eigenvalue weighted by Crippen LogP contribution is 2.23. The molecule has 19 heavy (non-hydrogen) atoms. The molecule has 1 saturated heterocycles. The molecule has 0 amide bonds. The van der Waals surface area contributed by atoms with E-state index in [9.17, 15) is 9.90 Å². The molecule has 3 heteroatoms. The van der Waals surface area contributed by atoms with Crippen LogP contribution >= 0.6 is 0 Å². The van der Waals surface area contributed by atoms with Crippen LogP contribution < -0.4 is 0 Å². The minimum Gasteiger partial charge on any atom is -0.395 e. The first-order valence-corrected chi connectivity index (χ1v) is 7.06. The Balaban J connectivity index is 1.90. The van der Waals surface area contributed by atoms with E-state index in [1.807, 2.05) is 31.2 Å². The van der Waals surface area contributed by atoms with Gasteiger partial charge in [-0.25, -0.2) is 0 Å². The van der Waals surface area contributed by atoms with E-state index in [1.54, 1.807) is 0 Å². The Labute approximate surface area is 115 Å². The number of aliphatic hydroxyl groups excluding tert-OH is 1. The minimum absolute atomic E-state index is 0.194. The first-order valence-electron chi connectivity index (χ1n) is 7.06. The van der Waals surface area contributed by atoms with Crippen molar-refractivity contribution in [2.75, 3.05) is 19.7 Å². The van der Waals surface area contributed by atoms with Gasteiger partial charge in [-0.05, 0) is 31.9 Å². The van der Waals surface area contributed by atoms with Crippen LogP contribution in [0.4, 0.5) is 0 Å². The molecule has 1 aliphatic rings. The Morgan fingerprint density at radius 3 is 2.95 bits per heavy atom. The van der Waals surface area contributed by atoms with E-state index in [2.05, 4.69) is 11.8 Å². The molecule has 104 valence electrons. The van der Waals surface area contributed by atoms with Crippen LogP contribution in [0.15, 0.2) is 24.3 Å². The predicted molar refractivity (Wildman–Crippen MR) is 76.4 cm³/mol. The van der Waals surface area contributed by atoms with E-state index >= 15 is 0 Å². The van der Waals surface area contributed by atoms with E-state index in [-0.39, 0.29) is 18.4 Å². The first kappa shape index (κ1) is 14.2. The molecular formula is C16H23NO2. The van der Waals surface area contributed by atoms with E-state index < -0.39 is 0 Å². The molecule has 0 saturated carbocycles. The molecule has 0 aromatic heterocycles. The zero-order valence-electron chi connectivity index (χ0n) is 11.8. The van der Waals surface area contributed by atoms with Crippen LogP contribution in [0.5, 0.6) is 0 Å². The van der Waals surface area contributed by atoms with Gasteiger partial charge in [0.05, 0.1) is 6.61 Å². The number of carbonyl (C=O) groups is 1. The van der Waals surface area contributed by atoms with Crippen LogP contribution in [-0.4, -0.2) is 41.5 Å². The summed E-state index contributed by atoms with van der Waals surface area (Å²) in [4.78, 5) is 14.4. The number of nitrogens with zero attached hydrogens (tertiary/aromatic N) is 1. The van der Waals surface area contributed by atoms with Crippen LogP contribution in [0.1, 0.15) is 35.7 Å². The zero-order chi connectivity index (χ0) is 13.8. The summed E-state index contributed by atoms with van der Waals surface area (Å²) in [5, 5.41) is 9.40.